The molecule has 1 aliphatic rings. The lowest BCUT2D eigenvalue weighted by atomic mass is 10.0. The Morgan fingerprint density at radius 1 is 1.21 bits per heavy atom. The Labute approximate surface area is 180 Å². The fraction of sp³-hybridized carbons (Fsp3) is 0.150. The Hall–Kier alpha value is -2.61. The number of halogens is 2. The minimum absolute atomic E-state index is 0.00764. The number of anilines is 2. The van der Waals surface area contributed by atoms with E-state index < -0.39 is 0 Å². The molecule has 0 unspecified atom stereocenters. The van der Waals surface area contributed by atoms with Crippen LogP contribution >= 0.6 is 34.5 Å². The van der Waals surface area contributed by atoms with Gasteiger partial charge in [0.15, 0.2) is 11.7 Å². The normalized spacial score (nSPS) is 12.8. The zero-order valence-corrected chi connectivity index (χ0v) is 17.3. The summed E-state index contributed by atoms with van der Waals surface area (Å²) in [6.07, 6.45) is 1.10. The van der Waals surface area contributed by atoms with Gasteiger partial charge >= 0.3 is 0 Å². The van der Waals surface area contributed by atoms with Crippen molar-refractivity contribution in [3.8, 4) is 17.0 Å². The van der Waals surface area contributed by atoms with Gasteiger partial charge in [-0.2, -0.15) is 0 Å². The second kappa shape index (κ2) is 8.41. The number of aryl methyl sites for hydroxylation is 1. The number of ether oxygens (including phenoxy) is 1. The lowest BCUT2D eigenvalue weighted by molar-refractivity contribution is -0.118. The maximum Gasteiger partial charge on any atom is 0.264 e. The first kappa shape index (κ1) is 19.7. The fourth-order valence-corrected chi connectivity index (χ4v) is 4.14. The first-order valence-electron chi connectivity index (χ1n) is 8.74. The van der Waals surface area contributed by atoms with Crippen molar-refractivity contribution in [2.75, 3.05) is 17.2 Å². The van der Waals surface area contributed by atoms with E-state index in [1.807, 2.05) is 11.4 Å². The molecule has 0 atom stereocenters. The topological polar surface area (TPSA) is 80.3 Å². The molecule has 0 aliphatic carbocycles. The van der Waals surface area contributed by atoms with Gasteiger partial charge in [0.1, 0.15) is 5.75 Å². The summed E-state index contributed by atoms with van der Waals surface area (Å²) in [5, 5.41) is 8.83. The molecule has 2 N–H and O–H groups in total. The Balaban J connectivity index is 1.36. The number of rotatable bonds is 5. The third-order valence-corrected chi connectivity index (χ3v) is 5.61. The minimum atomic E-state index is -0.320. The van der Waals surface area contributed by atoms with Crippen LogP contribution in [0.2, 0.25) is 10.0 Å². The number of benzene rings is 2. The molecular formula is C20H15Cl2N3O3S. The Morgan fingerprint density at radius 3 is 2.90 bits per heavy atom. The third-order valence-electron chi connectivity index (χ3n) is 4.30. The second-order valence-corrected chi connectivity index (χ2v) is 8.07. The van der Waals surface area contributed by atoms with Gasteiger partial charge in [0.25, 0.3) is 5.91 Å². The van der Waals surface area contributed by atoms with Crippen molar-refractivity contribution in [1.29, 1.82) is 0 Å². The number of thiazole rings is 1. The van der Waals surface area contributed by atoms with E-state index in [1.165, 1.54) is 11.3 Å². The van der Waals surface area contributed by atoms with Crippen LogP contribution < -0.4 is 15.4 Å². The molecule has 0 spiro atoms. The van der Waals surface area contributed by atoms with Crippen LogP contribution in [0.3, 0.4) is 0 Å². The Morgan fingerprint density at radius 2 is 2.07 bits per heavy atom. The van der Waals surface area contributed by atoms with Crippen LogP contribution in [0, 0.1) is 0 Å². The molecule has 29 heavy (non-hydrogen) atoms. The SMILES string of the molecule is O=C(COc1ccc2c(c1)CCC(=O)N2)Nc1nc(-c2ccc(Cl)cc2Cl)cs1. The van der Waals surface area contributed by atoms with E-state index in [9.17, 15) is 9.59 Å². The zero-order chi connectivity index (χ0) is 20.4. The molecule has 2 heterocycles. The largest absolute Gasteiger partial charge is 0.484 e. The van der Waals surface area contributed by atoms with Crippen molar-refractivity contribution in [1.82, 2.24) is 4.98 Å². The molecule has 0 saturated carbocycles. The smallest absolute Gasteiger partial charge is 0.264 e. The number of carbonyl (C=O) groups excluding carboxylic acids is 2. The summed E-state index contributed by atoms with van der Waals surface area (Å²) in [6.45, 7) is -0.151. The number of hydrogen-bond donors (Lipinski definition) is 2. The van der Waals surface area contributed by atoms with Crippen molar-refractivity contribution in [2.45, 2.75) is 12.8 Å². The van der Waals surface area contributed by atoms with Gasteiger partial charge in [0.05, 0.1) is 10.7 Å². The highest BCUT2D eigenvalue weighted by molar-refractivity contribution is 7.14. The van der Waals surface area contributed by atoms with Gasteiger partial charge < -0.3 is 10.1 Å². The van der Waals surface area contributed by atoms with Crippen LogP contribution in [-0.2, 0) is 16.0 Å². The average Bonchev–Trinajstić information content (AvgIpc) is 3.14. The molecule has 0 bridgehead atoms. The molecular weight excluding hydrogens is 433 g/mol. The van der Waals surface area contributed by atoms with Crippen molar-refractivity contribution >= 4 is 57.2 Å². The maximum absolute atomic E-state index is 12.2. The number of amides is 2. The predicted molar refractivity (Wildman–Crippen MR) is 115 cm³/mol. The van der Waals surface area contributed by atoms with Crippen LogP contribution in [0.5, 0.6) is 5.75 Å². The average molecular weight is 448 g/mol. The maximum atomic E-state index is 12.2. The molecule has 0 fully saturated rings. The van der Waals surface area contributed by atoms with Gasteiger partial charge in [-0.1, -0.05) is 23.2 Å². The van der Waals surface area contributed by atoms with Gasteiger partial charge in [-0.15, -0.1) is 11.3 Å². The van der Waals surface area contributed by atoms with Crippen molar-refractivity contribution < 1.29 is 14.3 Å². The summed E-state index contributed by atoms with van der Waals surface area (Å²) in [7, 11) is 0. The van der Waals surface area contributed by atoms with E-state index in [0.29, 0.717) is 39.5 Å². The molecule has 0 saturated heterocycles. The summed E-state index contributed by atoms with van der Waals surface area (Å²) in [4.78, 5) is 28.0. The van der Waals surface area contributed by atoms with Gasteiger partial charge in [-0.25, -0.2) is 4.98 Å². The quantitative estimate of drug-likeness (QED) is 0.575. The van der Waals surface area contributed by atoms with Crippen molar-refractivity contribution in [3.63, 3.8) is 0 Å². The fourth-order valence-electron chi connectivity index (χ4n) is 2.91. The van der Waals surface area contributed by atoms with Crippen LogP contribution in [0.1, 0.15) is 12.0 Å². The van der Waals surface area contributed by atoms with Gasteiger partial charge in [-0.3, -0.25) is 14.9 Å². The Kier molecular flexibility index (Phi) is 5.71. The van der Waals surface area contributed by atoms with Crippen molar-refractivity contribution in [2.24, 2.45) is 0 Å². The number of aromatic nitrogens is 1. The van der Waals surface area contributed by atoms with E-state index in [0.717, 1.165) is 16.8 Å². The highest BCUT2D eigenvalue weighted by Crippen LogP contribution is 2.32. The first-order chi connectivity index (χ1) is 14.0. The van der Waals surface area contributed by atoms with Crippen LogP contribution in [0.15, 0.2) is 41.8 Å². The molecule has 9 heteroatoms. The van der Waals surface area contributed by atoms with Crippen molar-refractivity contribution in [3.05, 3.63) is 57.4 Å². The molecule has 1 aliphatic heterocycles. The van der Waals surface area contributed by atoms with E-state index in [4.69, 9.17) is 27.9 Å². The molecule has 2 aromatic carbocycles. The van der Waals surface area contributed by atoms with Crippen LogP contribution in [0.4, 0.5) is 10.8 Å². The molecule has 1 aromatic heterocycles. The lowest BCUT2D eigenvalue weighted by Crippen LogP contribution is -2.21. The number of fused-ring (bicyclic) bond motifs is 1. The van der Waals surface area contributed by atoms with Crippen LogP contribution in [-0.4, -0.2) is 23.4 Å². The molecule has 3 aromatic rings. The third kappa shape index (κ3) is 4.70. The van der Waals surface area contributed by atoms with E-state index in [-0.39, 0.29) is 18.4 Å². The number of carbonyl (C=O) groups is 2. The van der Waals surface area contributed by atoms with E-state index >= 15 is 0 Å². The number of nitrogens with zero attached hydrogens (tertiary/aromatic N) is 1. The summed E-state index contributed by atoms with van der Waals surface area (Å²) < 4.78 is 5.57. The monoisotopic (exact) mass is 447 g/mol. The molecule has 2 amide bonds. The second-order valence-electron chi connectivity index (χ2n) is 6.37. The zero-order valence-electron chi connectivity index (χ0n) is 15.0. The van der Waals surface area contributed by atoms with Gasteiger partial charge in [0, 0.05) is 28.1 Å². The molecule has 6 nitrogen and oxygen atoms in total. The standard InChI is InChI=1S/C20H15Cl2N3O3S/c21-12-2-4-14(15(22)8-12)17-10-29-20(24-17)25-19(27)9-28-13-3-5-16-11(7-13)1-6-18(26)23-16/h2-5,7-8,10H,1,6,9H2,(H,23,26)(H,24,25,27). The first-order valence-corrected chi connectivity index (χ1v) is 10.4. The summed E-state index contributed by atoms with van der Waals surface area (Å²) in [6, 6.07) is 10.5. The molecule has 4 rings (SSSR count). The van der Waals surface area contributed by atoms with E-state index in [1.54, 1.807) is 30.3 Å². The number of nitrogens with one attached hydrogen (secondary N) is 2. The van der Waals surface area contributed by atoms with E-state index in [2.05, 4.69) is 15.6 Å². The van der Waals surface area contributed by atoms with Gasteiger partial charge in [0.2, 0.25) is 5.91 Å². The minimum Gasteiger partial charge on any atom is -0.484 e. The highest BCUT2D eigenvalue weighted by Gasteiger charge is 2.16. The van der Waals surface area contributed by atoms with Gasteiger partial charge in [-0.05, 0) is 48.4 Å². The molecule has 148 valence electrons. The van der Waals surface area contributed by atoms with Crippen LogP contribution in [0.25, 0.3) is 11.3 Å². The summed E-state index contributed by atoms with van der Waals surface area (Å²) in [5.74, 6) is 0.259. The highest BCUT2D eigenvalue weighted by atomic mass is 35.5. The lowest BCUT2D eigenvalue weighted by Gasteiger charge is -2.17. The predicted octanol–water partition coefficient (Wildman–Crippen LogP) is 5.02. The summed E-state index contributed by atoms with van der Waals surface area (Å²) >= 11 is 13.4. The summed E-state index contributed by atoms with van der Waals surface area (Å²) in [5.41, 5.74) is 3.18. The molecule has 0 radical (unpaired) electrons. The Bertz CT molecular complexity index is 1100. The number of hydrogen-bond acceptors (Lipinski definition) is 5.